The molecule has 4 aromatic rings. The van der Waals surface area contributed by atoms with Gasteiger partial charge in [-0.15, -0.1) is 10.2 Å². The predicted octanol–water partition coefficient (Wildman–Crippen LogP) is 4.51. The van der Waals surface area contributed by atoms with Crippen molar-refractivity contribution in [2.24, 2.45) is 5.41 Å². The second-order valence-corrected chi connectivity index (χ2v) is 11.0. The highest BCUT2D eigenvalue weighted by Crippen LogP contribution is 2.39. The monoisotopic (exact) mass is 485 g/mol. The highest BCUT2D eigenvalue weighted by molar-refractivity contribution is 6.19. The van der Waals surface area contributed by atoms with Gasteiger partial charge >= 0.3 is 0 Å². The van der Waals surface area contributed by atoms with Crippen molar-refractivity contribution in [3.63, 3.8) is 0 Å². The van der Waals surface area contributed by atoms with E-state index in [1.54, 1.807) is 6.20 Å². The third-order valence-electron chi connectivity index (χ3n) is 6.94. The Morgan fingerprint density at radius 2 is 1.86 bits per heavy atom. The molecule has 0 amide bonds. The molecule has 186 valence electrons. The van der Waals surface area contributed by atoms with Crippen LogP contribution in [0.15, 0.2) is 54.9 Å². The van der Waals surface area contributed by atoms with Crippen molar-refractivity contribution in [1.82, 2.24) is 25.2 Å². The summed E-state index contributed by atoms with van der Waals surface area (Å²) in [6.07, 6.45) is 6.10. The van der Waals surface area contributed by atoms with Gasteiger partial charge in [0.25, 0.3) is 0 Å². The van der Waals surface area contributed by atoms with E-state index in [1.807, 2.05) is 23.0 Å². The maximum atomic E-state index is 13.9. The molecule has 1 unspecified atom stereocenters. The first-order valence-electron chi connectivity index (χ1n) is 12.6. The average molecular weight is 485 g/mol. The molecule has 1 atom stereocenters. The van der Waals surface area contributed by atoms with Crippen molar-refractivity contribution in [3.8, 4) is 0 Å². The van der Waals surface area contributed by atoms with Crippen molar-refractivity contribution in [3.05, 3.63) is 71.9 Å². The minimum absolute atomic E-state index is 0.103. The zero-order valence-electron chi connectivity index (χ0n) is 21.7. The van der Waals surface area contributed by atoms with Crippen LogP contribution in [0.4, 0.5) is 15.9 Å². The second-order valence-electron chi connectivity index (χ2n) is 11.0. The molecule has 0 radical (unpaired) electrons. The van der Waals surface area contributed by atoms with Crippen molar-refractivity contribution < 1.29 is 4.39 Å². The first-order chi connectivity index (χ1) is 17.2. The summed E-state index contributed by atoms with van der Waals surface area (Å²) in [5.41, 5.74) is 2.24. The normalized spacial score (nSPS) is 15.6. The predicted molar refractivity (Wildman–Crippen MR) is 145 cm³/mol. The van der Waals surface area contributed by atoms with E-state index in [4.69, 9.17) is 0 Å². The zero-order valence-corrected chi connectivity index (χ0v) is 21.7. The fraction of sp³-hybridized carbons (Fsp3) is 0.407. The summed E-state index contributed by atoms with van der Waals surface area (Å²) in [6, 6.07) is 13.5. The van der Waals surface area contributed by atoms with Gasteiger partial charge in [-0.2, -0.15) is 5.10 Å². The molecule has 2 aromatic carbocycles. The van der Waals surface area contributed by atoms with Gasteiger partial charge in [0, 0.05) is 29.5 Å². The molecular weight excluding hydrogens is 452 g/mol. The third kappa shape index (κ3) is 4.66. The number of anilines is 2. The topological polar surface area (TPSA) is 71.8 Å². The first-order valence-corrected chi connectivity index (χ1v) is 12.6. The van der Waals surface area contributed by atoms with Crippen molar-refractivity contribution in [2.45, 2.75) is 52.0 Å². The van der Waals surface area contributed by atoms with Gasteiger partial charge in [-0.25, -0.2) is 9.07 Å². The molecular formula is C27H33BFN7. The molecule has 1 fully saturated rings. The molecule has 1 aliphatic carbocycles. The lowest BCUT2D eigenvalue weighted by Crippen LogP contribution is -2.48. The average Bonchev–Trinajstić information content (AvgIpc) is 3.58. The molecule has 5 rings (SSSR count). The van der Waals surface area contributed by atoms with E-state index in [1.165, 1.54) is 12.1 Å². The van der Waals surface area contributed by atoms with Gasteiger partial charge in [0.15, 0.2) is 5.82 Å². The fourth-order valence-electron chi connectivity index (χ4n) is 4.70. The number of halogens is 1. The van der Waals surface area contributed by atoms with E-state index < -0.39 is 5.44 Å². The summed E-state index contributed by atoms with van der Waals surface area (Å²) >= 11 is 0. The van der Waals surface area contributed by atoms with Crippen LogP contribution in [-0.2, 0) is 5.44 Å². The second kappa shape index (κ2) is 9.19. The molecule has 0 spiro atoms. The van der Waals surface area contributed by atoms with Gasteiger partial charge in [-0.3, -0.25) is 0 Å². The molecule has 0 aliphatic heterocycles. The number of hydrogen-bond acceptors (Lipinski definition) is 6. The van der Waals surface area contributed by atoms with Crippen LogP contribution in [0.3, 0.4) is 0 Å². The Labute approximate surface area is 212 Å². The number of rotatable bonds is 8. The van der Waals surface area contributed by atoms with Crippen molar-refractivity contribution in [2.75, 3.05) is 23.3 Å². The third-order valence-corrected chi connectivity index (χ3v) is 6.94. The largest absolute Gasteiger partial charge is 0.368 e. The highest BCUT2D eigenvalue weighted by Gasteiger charge is 2.39. The Bertz CT molecular complexity index is 1360. The quantitative estimate of drug-likeness (QED) is 0.370. The number of nitrogens with zero attached hydrogens (tertiary/aromatic N) is 6. The van der Waals surface area contributed by atoms with Crippen molar-refractivity contribution in [1.29, 1.82) is 0 Å². The minimum atomic E-state index is -0.664. The van der Waals surface area contributed by atoms with E-state index in [-0.39, 0.29) is 11.2 Å². The zero-order chi connectivity index (χ0) is 25.5. The van der Waals surface area contributed by atoms with Gasteiger partial charge in [-0.05, 0) is 55.0 Å². The summed E-state index contributed by atoms with van der Waals surface area (Å²) < 4.78 is 15.9. The lowest BCUT2D eigenvalue weighted by atomic mass is 9.68. The van der Waals surface area contributed by atoms with Crippen LogP contribution in [0.1, 0.15) is 57.8 Å². The molecule has 1 aliphatic rings. The number of nitrogens with one attached hydrogen (secondary N) is 1. The van der Waals surface area contributed by atoms with Crippen LogP contribution in [0.25, 0.3) is 10.8 Å². The first kappa shape index (κ1) is 24.2. The van der Waals surface area contributed by atoms with Gasteiger partial charge in [0.1, 0.15) is 19.4 Å². The lowest BCUT2D eigenvalue weighted by Gasteiger charge is -2.42. The molecule has 1 N–H and O–H groups in total. The molecule has 9 heteroatoms. The Balaban J connectivity index is 1.62. The van der Waals surface area contributed by atoms with Gasteiger partial charge in [0.2, 0.25) is 0 Å². The molecule has 2 heterocycles. The summed E-state index contributed by atoms with van der Waals surface area (Å²) in [7, 11) is 2.14. The van der Waals surface area contributed by atoms with Crippen LogP contribution in [0.2, 0.25) is 0 Å². The van der Waals surface area contributed by atoms with E-state index in [0.717, 1.165) is 52.9 Å². The number of aromatic nitrogens is 5. The summed E-state index contributed by atoms with van der Waals surface area (Å²) in [4.78, 5) is 2.30. The van der Waals surface area contributed by atoms with Gasteiger partial charge in [0.05, 0.1) is 23.9 Å². The minimum Gasteiger partial charge on any atom is -0.368 e. The van der Waals surface area contributed by atoms with Crippen molar-refractivity contribution >= 4 is 30.1 Å². The lowest BCUT2D eigenvalue weighted by molar-refractivity contribution is 0.442. The number of hydrogen-bond donors (Lipinski definition) is 1. The van der Waals surface area contributed by atoms with Crippen LogP contribution >= 0.6 is 0 Å². The van der Waals surface area contributed by atoms with Crippen LogP contribution < -0.4 is 10.2 Å². The van der Waals surface area contributed by atoms with E-state index in [0.29, 0.717) is 12.6 Å². The van der Waals surface area contributed by atoms with Gasteiger partial charge < -0.3 is 10.2 Å². The molecule has 0 saturated heterocycles. The van der Waals surface area contributed by atoms with Crippen LogP contribution in [-0.4, -0.2) is 46.1 Å². The summed E-state index contributed by atoms with van der Waals surface area (Å²) in [6.45, 7) is 10.2. The standard InChI is InChI=1S/C27H33BFN7/c1-5-35(22-11-6-18-15-31-33-25(23(18)14-22)30-17-26(2,3)4)27(28,19-7-9-20(29)10-8-19)24-16-36(34-32-24)21-12-13-21/h6-11,14-16,21H,5,12-13,17,28H2,1-4H3,(H,30,33). The van der Waals surface area contributed by atoms with E-state index in [2.05, 4.69) is 84.5 Å². The SMILES string of the molecule is BC(c1ccc(F)cc1)(c1cn(C2CC2)nn1)N(CC)c1ccc2cnnc(NCC(C)(C)C)c2c1. The Morgan fingerprint density at radius 1 is 1.11 bits per heavy atom. The molecule has 7 nitrogen and oxygen atoms in total. The number of fused-ring (bicyclic) bond motifs is 1. The smallest absolute Gasteiger partial charge is 0.156 e. The Morgan fingerprint density at radius 3 is 2.53 bits per heavy atom. The molecule has 1 saturated carbocycles. The molecule has 36 heavy (non-hydrogen) atoms. The maximum Gasteiger partial charge on any atom is 0.156 e. The van der Waals surface area contributed by atoms with E-state index in [9.17, 15) is 4.39 Å². The summed E-state index contributed by atoms with van der Waals surface area (Å²) in [5.74, 6) is 0.508. The molecule has 0 bridgehead atoms. The van der Waals surface area contributed by atoms with E-state index >= 15 is 0 Å². The Kier molecular flexibility index (Phi) is 6.18. The Hall–Kier alpha value is -3.49. The summed E-state index contributed by atoms with van der Waals surface area (Å²) in [5, 5.41) is 23.2. The molecule has 2 aromatic heterocycles. The highest BCUT2D eigenvalue weighted by atomic mass is 19.1. The maximum absolute atomic E-state index is 13.9. The fourth-order valence-corrected chi connectivity index (χ4v) is 4.70. The van der Waals surface area contributed by atoms with Gasteiger partial charge in [-0.1, -0.05) is 44.2 Å². The van der Waals surface area contributed by atoms with Crippen LogP contribution in [0.5, 0.6) is 0 Å². The number of benzene rings is 2. The van der Waals surface area contributed by atoms with Crippen LogP contribution in [0, 0.1) is 11.2 Å².